The number of benzene rings is 7. The number of fused-ring (bicyclic) bond motifs is 6. The Bertz CT molecular complexity index is 1800. The fourth-order valence-corrected chi connectivity index (χ4v) is 5.49. The van der Waals surface area contributed by atoms with Crippen LogP contribution in [-0.4, -0.2) is 0 Å². The first-order valence-corrected chi connectivity index (χ1v) is 12.4. The van der Waals surface area contributed by atoms with Crippen LogP contribution in [0.4, 0.5) is 17.1 Å². The van der Waals surface area contributed by atoms with E-state index in [1.165, 1.54) is 48.7 Å². The molecule has 7 rings (SSSR count). The van der Waals surface area contributed by atoms with E-state index in [0.717, 1.165) is 17.1 Å². The van der Waals surface area contributed by atoms with E-state index in [1.807, 2.05) is 0 Å². The van der Waals surface area contributed by atoms with Crippen LogP contribution < -0.4 is 4.90 Å². The highest BCUT2D eigenvalue weighted by molar-refractivity contribution is 6.10. The monoisotopic (exact) mass is 459 g/mol. The summed E-state index contributed by atoms with van der Waals surface area (Å²) in [7, 11) is 0. The van der Waals surface area contributed by atoms with Crippen molar-refractivity contribution in [2.24, 2.45) is 0 Å². The molecule has 7 aromatic rings. The van der Waals surface area contributed by atoms with Crippen LogP contribution in [0.15, 0.2) is 133 Å². The highest BCUT2D eigenvalue weighted by Crippen LogP contribution is 2.39. The van der Waals surface area contributed by atoms with Gasteiger partial charge in [-0.25, -0.2) is 0 Å². The van der Waals surface area contributed by atoms with Crippen molar-refractivity contribution >= 4 is 60.2 Å². The minimum atomic E-state index is 1.16. The third-order valence-electron chi connectivity index (χ3n) is 7.23. The van der Waals surface area contributed by atoms with Crippen LogP contribution in [-0.2, 0) is 0 Å². The number of hydrogen-bond donors (Lipinski definition) is 0. The molecule has 1 heteroatoms. The summed E-state index contributed by atoms with van der Waals surface area (Å²) in [5, 5.41) is 10.2. The second-order valence-electron chi connectivity index (χ2n) is 9.56. The third-order valence-corrected chi connectivity index (χ3v) is 7.23. The van der Waals surface area contributed by atoms with E-state index in [4.69, 9.17) is 0 Å². The summed E-state index contributed by atoms with van der Waals surface area (Å²) in [6, 6.07) is 48.6. The van der Waals surface area contributed by atoms with Gasteiger partial charge in [0.25, 0.3) is 0 Å². The average molecular weight is 460 g/mol. The fraction of sp³-hybridized carbons (Fsp3) is 0.0286. The van der Waals surface area contributed by atoms with Gasteiger partial charge in [-0.15, -0.1) is 0 Å². The first kappa shape index (κ1) is 20.7. The normalized spacial score (nSPS) is 11.5. The van der Waals surface area contributed by atoms with Crippen LogP contribution in [0, 0.1) is 6.92 Å². The summed E-state index contributed by atoms with van der Waals surface area (Å²) in [6.07, 6.45) is 0. The summed E-state index contributed by atoms with van der Waals surface area (Å²) in [5.74, 6) is 0. The predicted octanol–water partition coefficient (Wildman–Crippen LogP) is 10.1. The van der Waals surface area contributed by atoms with Crippen molar-refractivity contribution in [3.63, 3.8) is 0 Å². The lowest BCUT2D eigenvalue weighted by Gasteiger charge is -2.26. The Morgan fingerprint density at radius 2 is 0.833 bits per heavy atom. The Morgan fingerprint density at radius 1 is 0.361 bits per heavy atom. The molecule has 0 N–H and O–H groups in total. The van der Waals surface area contributed by atoms with Gasteiger partial charge in [0.05, 0.1) is 0 Å². The average Bonchev–Trinajstić information content (AvgIpc) is 2.93. The van der Waals surface area contributed by atoms with Crippen molar-refractivity contribution in [1.29, 1.82) is 0 Å². The SMILES string of the molecule is Cc1cccc(N(c2ccc3c(ccc4ccccc43)c2)c2ccc3c(ccc4ccccc43)c2)c1. The second-order valence-corrected chi connectivity index (χ2v) is 9.56. The highest BCUT2D eigenvalue weighted by Gasteiger charge is 2.15. The van der Waals surface area contributed by atoms with E-state index in [9.17, 15) is 0 Å². The van der Waals surface area contributed by atoms with Crippen LogP contribution in [0.2, 0.25) is 0 Å². The maximum atomic E-state index is 2.37. The lowest BCUT2D eigenvalue weighted by Crippen LogP contribution is -2.10. The molecule has 0 radical (unpaired) electrons. The van der Waals surface area contributed by atoms with Gasteiger partial charge < -0.3 is 4.90 Å². The zero-order valence-electron chi connectivity index (χ0n) is 20.1. The van der Waals surface area contributed by atoms with Crippen LogP contribution in [0.5, 0.6) is 0 Å². The van der Waals surface area contributed by atoms with Gasteiger partial charge in [-0.1, -0.05) is 97.1 Å². The Labute approximate surface area is 210 Å². The van der Waals surface area contributed by atoms with E-state index in [-0.39, 0.29) is 0 Å². The maximum absolute atomic E-state index is 2.37. The Kier molecular flexibility index (Phi) is 4.75. The minimum Gasteiger partial charge on any atom is -0.310 e. The maximum Gasteiger partial charge on any atom is 0.0468 e. The molecule has 0 spiro atoms. The summed E-state index contributed by atoms with van der Waals surface area (Å²) < 4.78 is 0. The van der Waals surface area contributed by atoms with E-state index >= 15 is 0 Å². The summed E-state index contributed by atoms with van der Waals surface area (Å²) in [5.41, 5.74) is 4.72. The van der Waals surface area contributed by atoms with E-state index < -0.39 is 0 Å². The molecule has 0 bridgehead atoms. The molecular weight excluding hydrogens is 434 g/mol. The van der Waals surface area contributed by atoms with Crippen LogP contribution in [0.1, 0.15) is 5.56 Å². The van der Waals surface area contributed by atoms with E-state index in [1.54, 1.807) is 0 Å². The molecule has 170 valence electrons. The predicted molar refractivity (Wildman–Crippen MR) is 156 cm³/mol. The van der Waals surface area contributed by atoms with Crippen molar-refractivity contribution in [2.45, 2.75) is 6.92 Å². The number of hydrogen-bond acceptors (Lipinski definition) is 1. The topological polar surface area (TPSA) is 3.24 Å². The van der Waals surface area contributed by atoms with Gasteiger partial charge >= 0.3 is 0 Å². The number of aryl methyl sites for hydroxylation is 1. The first-order valence-electron chi connectivity index (χ1n) is 12.4. The third kappa shape index (κ3) is 3.40. The molecule has 0 fully saturated rings. The van der Waals surface area contributed by atoms with Gasteiger partial charge in [0.1, 0.15) is 0 Å². The van der Waals surface area contributed by atoms with Crippen molar-refractivity contribution in [3.05, 3.63) is 139 Å². The standard InChI is InChI=1S/C35H25N/c1-24-7-6-10-29(21-24)36(30-17-19-34-27(22-30)15-13-25-8-2-4-11-32(25)34)31-18-20-35-28(23-31)16-14-26-9-3-5-12-33(26)35/h2-23H,1H3. The van der Waals surface area contributed by atoms with Crippen molar-refractivity contribution in [2.75, 3.05) is 4.90 Å². The van der Waals surface area contributed by atoms with Crippen LogP contribution in [0.25, 0.3) is 43.1 Å². The molecule has 0 heterocycles. The van der Waals surface area contributed by atoms with Gasteiger partial charge in [0.2, 0.25) is 0 Å². The van der Waals surface area contributed by atoms with Crippen LogP contribution >= 0.6 is 0 Å². The Balaban J connectivity index is 1.45. The molecule has 0 aliphatic carbocycles. The molecule has 0 amide bonds. The van der Waals surface area contributed by atoms with Gasteiger partial charge in [-0.2, -0.15) is 0 Å². The quantitative estimate of drug-likeness (QED) is 0.238. The molecule has 0 aromatic heterocycles. The summed E-state index contributed by atoms with van der Waals surface area (Å²) >= 11 is 0. The number of nitrogens with zero attached hydrogens (tertiary/aromatic N) is 1. The van der Waals surface area contributed by atoms with E-state index in [0.29, 0.717) is 0 Å². The zero-order chi connectivity index (χ0) is 24.1. The lowest BCUT2D eigenvalue weighted by molar-refractivity contribution is 1.28. The lowest BCUT2D eigenvalue weighted by atomic mass is 10.00. The first-order chi connectivity index (χ1) is 17.7. The van der Waals surface area contributed by atoms with Crippen molar-refractivity contribution in [3.8, 4) is 0 Å². The minimum absolute atomic E-state index is 1.16. The Morgan fingerprint density at radius 3 is 1.39 bits per heavy atom. The van der Waals surface area contributed by atoms with Gasteiger partial charge in [-0.05, 0) is 92.0 Å². The molecule has 7 aromatic carbocycles. The molecule has 36 heavy (non-hydrogen) atoms. The molecule has 0 aliphatic heterocycles. The molecule has 0 aliphatic rings. The second kappa shape index (κ2) is 8.25. The van der Waals surface area contributed by atoms with E-state index in [2.05, 4.69) is 145 Å². The van der Waals surface area contributed by atoms with Gasteiger partial charge in [0, 0.05) is 17.1 Å². The summed E-state index contributed by atoms with van der Waals surface area (Å²) in [6.45, 7) is 2.15. The molecule has 1 nitrogen and oxygen atoms in total. The molecule has 0 unspecified atom stereocenters. The fourth-order valence-electron chi connectivity index (χ4n) is 5.49. The molecule has 0 saturated heterocycles. The Hall–Kier alpha value is -4.62. The number of rotatable bonds is 3. The molecule has 0 atom stereocenters. The molecular formula is C35H25N. The molecule has 0 saturated carbocycles. The smallest absolute Gasteiger partial charge is 0.0468 e. The van der Waals surface area contributed by atoms with Crippen molar-refractivity contribution < 1.29 is 0 Å². The van der Waals surface area contributed by atoms with Gasteiger partial charge in [-0.3, -0.25) is 0 Å². The largest absolute Gasteiger partial charge is 0.310 e. The van der Waals surface area contributed by atoms with Crippen LogP contribution in [0.3, 0.4) is 0 Å². The van der Waals surface area contributed by atoms with Crippen molar-refractivity contribution in [1.82, 2.24) is 0 Å². The summed E-state index contributed by atoms with van der Waals surface area (Å²) in [4.78, 5) is 2.37. The number of anilines is 3. The highest BCUT2D eigenvalue weighted by atomic mass is 15.1. The van der Waals surface area contributed by atoms with Gasteiger partial charge in [0.15, 0.2) is 0 Å². The zero-order valence-corrected chi connectivity index (χ0v) is 20.1.